The highest BCUT2D eigenvalue weighted by atomic mass is 79.9. The summed E-state index contributed by atoms with van der Waals surface area (Å²) in [6.07, 6.45) is -5.80. The van der Waals surface area contributed by atoms with Gasteiger partial charge in [-0.05, 0) is 91.8 Å². The molecule has 0 unspecified atom stereocenters. The van der Waals surface area contributed by atoms with Crippen LogP contribution in [-0.4, -0.2) is 64.6 Å². The van der Waals surface area contributed by atoms with Crippen LogP contribution in [0.1, 0.15) is 79.7 Å². The van der Waals surface area contributed by atoms with Crippen molar-refractivity contribution in [2.75, 3.05) is 13.2 Å². The van der Waals surface area contributed by atoms with Crippen molar-refractivity contribution in [3.63, 3.8) is 0 Å². The monoisotopic (exact) mass is 612 g/mol. The standard InChI is InChI=1S/C27H41BrF4N2O4/c1-23(2,3)38-22(36)34-21(17-37-25(34,6)7)9-8-14-26(27(30,31)32,18-10-12-19(28)13-11-18)33-20(16-35)15-24(4,5)29/h10-13,20-21,33,35H,8-9,14-17H2,1-7H3/t20-,21-,26-/m0/s1. The molecule has 3 atom stereocenters. The summed E-state index contributed by atoms with van der Waals surface area (Å²) in [5.41, 5.74) is -6.13. The summed E-state index contributed by atoms with van der Waals surface area (Å²) >= 11 is 3.26. The number of amides is 1. The van der Waals surface area contributed by atoms with Gasteiger partial charge < -0.3 is 14.6 Å². The van der Waals surface area contributed by atoms with Gasteiger partial charge in [0.05, 0.1) is 19.3 Å². The quantitative estimate of drug-likeness (QED) is 0.283. The highest BCUT2D eigenvalue weighted by Crippen LogP contribution is 2.44. The molecule has 0 aliphatic carbocycles. The van der Waals surface area contributed by atoms with Crippen LogP contribution >= 0.6 is 15.9 Å². The Hall–Kier alpha value is -1.43. The van der Waals surface area contributed by atoms with Crippen molar-refractivity contribution < 1.29 is 36.9 Å². The number of aliphatic hydroxyl groups excluding tert-OH is 1. The fourth-order valence-electron chi connectivity index (χ4n) is 4.90. The van der Waals surface area contributed by atoms with Crippen molar-refractivity contribution in [2.24, 2.45) is 0 Å². The molecule has 38 heavy (non-hydrogen) atoms. The maximum Gasteiger partial charge on any atom is 0.412 e. The second-order valence-electron chi connectivity index (χ2n) is 12.0. The zero-order valence-corrected chi connectivity index (χ0v) is 24.8. The van der Waals surface area contributed by atoms with E-state index in [1.165, 1.54) is 43.0 Å². The molecule has 11 heteroatoms. The van der Waals surface area contributed by atoms with Crippen LogP contribution in [0.3, 0.4) is 0 Å². The summed E-state index contributed by atoms with van der Waals surface area (Å²) in [7, 11) is 0. The second kappa shape index (κ2) is 12.0. The van der Waals surface area contributed by atoms with Crippen LogP contribution in [0.5, 0.6) is 0 Å². The lowest BCUT2D eigenvalue weighted by Crippen LogP contribution is -2.59. The Morgan fingerprint density at radius 3 is 2.24 bits per heavy atom. The molecule has 0 saturated carbocycles. The van der Waals surface area contributed by atoms with Crippen LogP contribution < -0.4 is 5.32 Å². The zero-order valence-electron chi connectivity index (χ0n) is 23.2. The summed E-state index contributed by atoms with van der Waals surface area (Å²) in [5, 5.41) is 12.5. The van der Waals surface area contributed by atoms with Gasteiger partial charge in [-0.3, -0.25) is 10.2 Å². The molecule has 1 aliphatic heterocycles. The van der Waals surface area contributed by atoms with Crippen molar-refractivity contribution in [3.8, 4) is 0 Å². The molecule has 0 bridgehead atoms. The predicted molar refractivity (Wildman–Crippen MR) is 141 cm³/mol. The molecule has 1 amide bonds. The first-order chi connectivity index (χ1) is 17.2. The molecule has 1 heterocycles. The number of nitrogens with one attached hydrogen (secondary N) is 1. The number of carbonyl (C=O) groups is 1. The van der Waals surface area contributed by atoms with Crippen molar-refractivity contribution in [1.82, 2.24) is 10.2 Å². The van der Waals surface area contributed by atoms with E-state index < -0.39 is 59.9 Å². The van der Waals surface area contributed by atoms with Crippen molar-refractivity contribution in [2.45, 2.75) is 115 Å². The molecule has 1 aromatic rings. The number of aliphatic hydroxyl groups is 1. The molecule has 0 spiro atoms. The fraction of sp³-hybridized carbons (Fsp3) is 0.741. The first-order valence-corrected chi connectivity index (χ1v) is 13.6. The summed E-state index contributed by atoms with van der Waals surface area (Å²) in [6, 6.07) is 4.13. The van der Waals surface area contributed by atoms with Crippen LogP contribution in [0.15, 0.2) is 28.7 Å². The van der Waals surface area contributed by atoms with Gasteiger partial charge in [0.15, 0.2) is 0 Å². The topological polar surface area (TPSA) is 71.0 Å². The van der Waals surface area contributed by atoms with Gasteiger partial charge >= 0.3 is 12.3 Å². The third kappa shape index (κ3) is 8.53. The van der Waals surface area contributed by atoms with Gasteiger partial charge in [0.25, 0.3) is 0 Å². The van der Waals surface area contributed by atoms with Crippen LogP contribution in [-0.2, 0) is 15.0 Å². The van der Waals surface area contributed by atoms with E-state index in [1.807, 2.05) is 0 Å². The van der Waals surface area contributed by atoms with Gasteiger partial charge in [0.2, 0.25) is 0 Å². The molecular weight excluding hydrogens is 572 g/mol. The molecule has 0 radical (unpaired) electrons. The second-order valence-corrected chi connectivity index (χ2v) is 12.9. The molecule has 1 fully saturated rings. The van der Waals surface area contributed by atoms with Gasteiger partial charge in [0, 0.05) is 10.5 Å². The number of hydrogen-bond acceptors (Lipinski definition) is 5. The van der Waals surface area contributed by atoms with Gasteiger partial charge in [-0.2, -0.15) is 13.2 Å². The highest BCUT2D eigenvalue weighted by Gasteiger charge is 2.56. The van der Waals surface area contributed by atoms with Gasteiger partial charge in [-0.25, -0.2) is 9.18 Å². The van der Waals surface area contributed by atoms with Gasteiger partial charge in [0.1, 0.15) is 22.5 Å². The number of nitrogens with zero attached hydrogens (tertiary/aromatic N) is 1. The zero-order chi connectivity index (χ0) is 29.2. The van der Waals surface area contributed by atoms with Gasteiger partial charge in [-0.1, -0.05) is 28.1 Å². The third-order valence-corrected chi connectivity index (χ3v) is 7.01. The van der Waals surface area contributed by atoms with E-state index in [0.717, 1.165) is 0 Å². The minimum Gasteiger partial charge on any atom is -0.444 e. The van der Waals surface area contributed by atoms with E-state index in [9.17, 15) is 27.5 Å². The minimum absolute atomic E-state index is 0.0460. The lowest BCUT2D eigenvalue weighted by atomic mass is 9.82. The Labute approximate surface area is 231 Å². The van der Waals surface area contributed by atoms with Crippen molar-refractivity contribution in [1.29, 1.82) is 0 Å². The number of alkyl halides is 4. The number of hydrogen-bond donors (Lipinski definition) is 2. The normalized spacial score (nSPS) is 20.8. The van der Waals surface area contributed by atoms with Crippen LogP contribution in [0.25, 0.3) is 0 Å². The first kappa shape index (κ1) is 32.8. The SMILES string of the molecule is CC(C)(F)C[C@@H](CO)N[C@@](CCC[C@H]1COC(C)(C)N1C(=O)OC(C)(C)C)(c1ccc(Br)cc1)C(F)(F)F. The van der Waals surface area contributed by atoms with E-state index >= 15 is 0 Å². The Bertz CT molecular complexity index is 929. The summed E-state index contributed by atoms with van der Waals surface area (Å²) < 4.78 is 71.2. The van der Waals surface area contributed by atoms with E-state index in [4.69, 9.17) is 9.47 Å². The smallest absolute Gasteiger partial charge is 0.412 e. The van der Waals surface area contributed by atoms with Gasteiger partial charge in [-0.15, -0.1) is 0 Å². The largest absolute Gasteiger partial charge is 0.444 e. The summed E-state index contributed by atoms with van der Waals surface area (Å²) in [4.78, 5) is 14.4. The molecule has 2 N–H and O–H groups in total. The Balaban J connectivity index is 2.37. The first-order valence-electron chi connectivity index (χ1n) is 12.8. The number of halogens is 5. The van der Waals surface area contributed by atoms with Crippen LogP contribution in [0.4, 0.5) is 22.4 Å². The Morgan fingerprint density at radius 1 is 1.18 bits per heavy atom. The van der Waals surface area contributed by atoms with Crippen LogP contribution in [0, 0.1) is 0 Å². The van der Waals surface area contributed by atoms with E-state index in [1.54, 1.807) is 34.6 Å². The lowest BCUT2D eigenvalue weighted by Gasteiger charge is -2.41. The van der Waals surface area contributed by atoms with Crippen molar-refractivity contribution >= 4 is 22.0 Å². The molecule has 1 aliphatic rings. The summed E-state index contributed by atoms with van der Waals surface area (Å²) in [5.74, 6) is 0. The van der Waals surface area contributed by atoms with E-state index in [0.29, 0.717) is 4.47 Å². The number of rotatable bonds is 10. The number of ether oxygens (including phenoxy) is 2. The molecule has 1 saturated heterocycles. The third-order valence-electron chi connectivity index (χ3n) is 6.48. The average molecular weight is 614 g/mol. The Morgan fingerprint density at radius 2 is 1.76 bits per heavy atom. The number of benzene rings is 1. The maximum atomic E-state index is 14.9. The average Bonchev–Trinajstić information content (AvgIpc) is 3.04. The predicted octanol–water partition coefficient (Wildman–Crippen LogP) is 6.84. The molecule has 0 aromatic heterocycles. The molecule has 2 rings (SSSR count). The highest BCUT2D eigenvalue weighted by molar-refractivity contribution is 9.10. The van der Waals surface area contributed by atoms with Crippen LogP contribution in [0.2, 0.25) is 0 Å². The summed E-state index contributed by atoms with van der Waals surface area (Å²) in [6.45, 7) is 10.7. The molecular formula is C27H41BrF4N2O4. The molecule has 218 valence electrons. The van der Waals surface area contributed by atoms with E-state index in [-0.39, 0.29) is 31.4 Å². The number of carbonyl (C=O) groups excluding carboxylic acids is 1. The maximum absolute atomic E-state index is 14.9. The Kier molecular flexibility index (Phi) is 10.3. The van der Waals surface area contributed by atoms with Crippen molar-refractivity contribution in [3.05, 3.63) is 34.3 Å². The van der Waals surface area contributed by atoms with E-state index in [2.05, 4.69) is 21.2 Å². The lowest BCUT2D eigenvalue weighted by molar-refractivity contribution is -0.208. The molecule has 6 nitrogen and oxygen atoms in total. The molecule has 1 aromatic carbocycles. The minimum atomic E-state index is -4.77. The fourth-order valence-corrected chi connectivity index (χ4v) is 5.16.